The average Bonchev–Trinajstić information content (AvgIpc) is 2.77. The smallest absolute Gasteiger partial charge is 0.0625 e. The lowest BCUT2D eigenvalue weighted by Crippen LogP contribution is -2.40. The van der Waals surface area contributed by atoms with Gasteiger partial charge in [-0.1, -0.05) is 25.0 Å². The maximum atomic E-state index is 10.3. The van der Waals surface area contributed by atoms with Crippen molar-refractivity contribution in [3.05, 3.63) is 11.6 Å². The molecule has 0 aromatic heterocycles. The third kappa shape index (κ3) is 3.53. The van der Waals surface area contributed by atoms with Crippen molar-refractivity contribution >= 4 is 0 Å². The summed E-state index contributed by atoms with van der Waals surface area (Å²) in [7, 11) is 1.79. The monoisotopic (exact) mass is 294 g/mol. The molecule has 0 aromatic carbocycles. The van der Waals surface area contributed by atoms with Crippen molar-refractivity contribution in [3.8, 4) is 0 Å². The minimum Gasteiger partial charge on any atom is -0.393 e. The summed E-state index contributed by atoms with van der Waals surface area (Å²) in [6, 6.07) is 0. The first-order chi connectivity index (χ1) is 9.80. The molecule has 0 saturated heterocycles. The summed E-state index contributed by atoms with van der Waals surface area (Å²) in [4.78, 5) is 0. The predicted octanol–water partition coefficient (Wildman–Crippen LogP) is 4.72. The van der Waals surface area contributed by atoms with Crippen LogP contribution in [0.3, 0.4) is 0 Å². The predicted molar refractivity (Wildman–Crippen MR) is 88.3 cm³/mol. The van der Waals surface area contributed by atoms with Gasteiger partial charge in [-0.05, 0) is 76.5 Å². The molecule has 0 aromatic rings. The standard InChI is InChI=1S/C19H34O2/c1-14(8-6-12-18(2,3)21-5)15-10-11-16-17(20)9-7-13-19(15,16)4/h8,15-17,20H,6-7,9-13H2,1-5H3/b14-8-/t15-,16+,17+,19-/m1/s1. The molecule has 1 N–H and O–H groups in total. The zero-order valence-corrected chi connectivity index (χ0v) is 14.6. The Hall–Kier alpha value is -0.340. The fourth-order valence-corrected chi connectivity index (χ4v) is 4.79. The van der Waals surface area contributed by atoms with E-state index in [0.717, 1.165) is 19.3 Å². The second kappa shape index (κ2) is 6.42. The van der Waals surface area contributed by atoms with Crippen molar-refractivity contribution in [2.45, 2.75) is 84.3 Å². The number of fused-ring (bicyclic) bond motifs is 1. The summed E-state index contributed by atoms with van der Waals surface area (Å²) in [5, 5.41) is 10.3. The van der Waals surface area contributed by atoms with Gasteiger partial charge in [-0.15, -0.1) is 0 Å². The lowest BCUT2D eigenvalue weighted by Gasteiger charge is -2.43. The van der Waals surface area contributed by atoms with Crippen molar-refractivity contribution in [2.75, 3.05) is 7.11 Å². The summed E-state index contributed by atoms with van der Waals surface area (Å²) in [5.74, 6) is 1.19. The van der Waals surface area contributed by atoms with Gasteiger partial charge in [-0.25, -0.2) is 0 Å². The maximum Gasteiger partial charge on any atom is 0.0625 e. The molecular formula is C19H34O2. The zero-order chi connectivity index (χ0) is 15.7. The second-order valence-electron chi connectivity index (χ2n) is 8.15. The third-order valence-corrected chi connectivity index (χ3v) is 6.40. The number of hydrogen-bond donors (Lipinski definition) is 1. The summed E-state index contributed by atoms with van der Waals surface area (Å²) in [6.07, 6.45) is 10.5. The van der Waals surface area contributed by atoms with Gasteiger partial charge < -0.3 is 9.84 Å². The van der Waals surface area contributed by atoms with Crippen molar-refractivity contribution in [1.82, 2.24) is 0 Å². The van der Waals surface area contributed by atoms with Gasteiger partial charge >= 0.3 is 0 Å². The lowest BCUT2D eigenvalue weighted by molar-refractivity contribution is -0.0110. The lowest BCUT2D eigenvalue weighted by atomic mass is 9.63. The maximum absolute atomic E-state index is 10.3. The van der Waals surface area contributed by atoms with Crippen LogP contribution < -0.4 is 0 Å². The van der Waals surface area contributed by atoms with Gasteiger partial charge in [0.15, 0.2) is 0 Å². The van der Waals surface area contributed by atoms with Gasteiger partial charge in [0.1, 0.15) is 0 Å². The van der Waals surface area contributed by atoms with Crippen molar-refractivity contribution < 1.29 is 9.84 Å². The Bertz CT molecular complexity index is 385. The van der Waals surface area contributed by atoms with E-state index in [1.807, 2.05) is 0 Å². The Kier molecular flexibility index (Phi) is 5.20. The quantitative estimate of drug-likeness (QED) is 0.744. The first kappa shape index (κ1) is 17.0. The number of ether oxygens (including phenoxy) is 1. The molecule has 2 aliphatic rings. The summed E-state index contributed by atoms with van der Waals surface area (Å²) < 4.78 is 5.50. The van der Waals surface area contributed by atoms with Crippen LogP contribution in [0.4, 0.5) is 0 Å². The van der Waals surface area contributed by atoms with E-state index >= 15 is 0 Å². The van der Waals surface area contributed by atoms with E-state index in [0.29, 0.717) is 17.3 Å². The van der Waals surface area contributed by atoms with Crippen molar-refractivity contribution in [2.24, 2.45) is 17.3 Å². The van der Waals surface area contributed by atoms with E-state index < -0.39 is 0 Å². The molecule has 2 fully saturated rings. The summed E-state index contributed by atoms with van der Waals surface area (Å²) in [5.41, 5.74) is 1.84. The summed E-state index contributed by atoms with van der Waals surface area (Å²) >= 11 is 0. The fourth-order valence-electron chi connectivity index (χ4n) is 4.79. The molecule has 0 bridgehead atoms. The molecule has 0 unspecified atom stereocenters. The Morgan fingerprint density at radius 2 is 2.05 bits per heavy atom. The van der Waals surface area contributed by atoms with Crippen LogP contribution in [0.5, 0.6) is 0 Å². The van der Waals surface area contributed by atoms with Crippen LogP contribution in [0.1, 0.15) is 72.6 Å². The largest absolute Gasteiger partial charge is 0.393 e. The minimum atomic E-state index is -0.0611. The number of aliphatic hydroxyl groups is 1. The molecule has 2 heteroatoms. The van der Waals surface area contributed by atoms with E-state index in [4.69, 9.17) is 4.74 Å². The Morgan fingerprint density at radius 1 is 1.33 bits per heavy atom. The van der Waals surface area contributed by atoms with E-state index in [1.54, 1.807) is 12.7 Å². The van der Waals surface area contributed by atoms with Gasteiger partial charge in [0, 0.05) is 7.11 Å². The van der Waals surface area contributed by atoms with E-state index in [-0.39, 0.29) is 11.7 Å². The molecule has 0 spiro atoms. The van der Waals surface area contributed by atoms with Gasteiger partial charge in [-0.2, -0.15) is 0 Å². The van der Waals surface area contributed by atoms with E-state index in [1.165, 1.54) is 25.7 Å². The van der Waals surface area contributed by atoms with Gasteiger partial charge in [0.05, 0.1) is 11.7 Å². The first-order valence-electron chi connectivity index (χ1n) is 8.70. The highest BCUT2D eigenvalue weighted by molar-refractivity contribution is 5.15. The van der Waals surface area contributed by atoms with Crippen molar-refractivity contribution in [1.29, 1.82) is 0 Å². The molecule has 122 valence electrons. The van der Waals surface area contributed by atoms with Crippen LogP contribution in [-0.2, 0) is 4.74 Å². The molecule has 2 aliphatic carbocycles. The number of methoxy groups -OCH3 is 1. The van der Waals surface area contributed by atoms with Gasteiger partial charge in [0.25, 0.3) is 0 Å². The van der Waals surface area contributed by atoms with Gasteiger partial charge in [0.2, 0.25) is 0 Å². The molecule has 0 aliphatic heterocycles. The number of hydrogen-bond acceptors (Lipinski definition) is 2. The highest BCUT2D eigenvalue weighted by atomic mass is 16.5. The molecule has 0 amide bonds. The molecule has 0 heterocycles. The SMILES string of the molecule is COC(C)(C)CC/C=C(/C)[C@H]1CC[C@H]2[C@@H](O)CCC[C@]12C. The normalized spacial score (nSPS) is 37.6. The van der Waals surface area contributed by atoms with E-state index in [9.17, 15) is 5.11 Å². The number of rotatable bonds is 5. The zero-order valence-electron chi connectivity index (χ0n) is 14.6. The Morgan fingerprint density at radius 3 is 2.71 bits per heavy atom. The highest BCUT2D eigenvalue weighted by Crippen LogP contribution is 2.57. The molecule has 2 nitrogen and oxygen atoms in total. The Labute approximate surface area is 131 Å². The topological polar surface area (TPSA) is 29.5 Å². The Balaban J connectivity index is 2.01. The van der Waals surface area contributed by atoms with Crippen molar-refractivity contribution in [3.63, 3.8) is 0 Å². The van der Waals surface area contributed by atoms with E-state index in [2.05, 4.69) is 33.8 Å². The molecule has 2 rings (SSSR count). The van der Waals surface area contributed by atoms with Crippen LogP contribution in [0.2, 0.25) is 0 Å². The molecule has 0 radical (unpaired) electrons. The van der Waals surface area contributed by atoms with Crippen LogP contribution in [0.15, 0.2) is 11.6 Å². The summed E-state index contributed by atoms with van der Waals surface area (Å²) in [6.45, 7) is 9.04. The molecule has 4 atom stereocenters. The van der Waals surface area contributed by atoms with Crippen LogP contribution in [0.25, 0.3) is 0 Å². The highest BCUT2D eigenvalue weighted by Gasteiger charge is 2.51. The minimum absolute atomic E-state index is 0.0279. The van der Waals surface area contributed by atoms with Crippen LogP contribution >= 0.6 is 0 Å². The average molecular weight is 294 g/mol. The number of allylic oxidation sites excluding steroid dienone is 2. The molecular weight excluding hydrogens is 260 g/mol. The van der Waals surface area contributed by atoms with Crippen LogP contribution in [-0.4, -0.2) is 23.9 Å². The third-order valence-electron chi connectivity index (χ3n) is 6.40. The number of aliphatic hydroxyl groups excluding tert-OH is 1. The van der Waals surface area contributed by atoms with Crippen LogP contribution in [0, 0.1) is 17.3 Å². The van der Waals surface area contributed by atoms with Gasteiger partial charge in [-0.3, -0.25) is 0 Å². The fraction of sp³-hybridized carbons (Fsp3) is 0.895. The first-order valence-corrected chi connectivity index (χ1v) is 8.70. The molecule has 2 saturated carbocycles. The second-order valence-corrected chi connectivity index (χ2v) is 8.15. The molecule has 21 heavy (non-hydrogen) atoms.